The van der Waals surface area contributed by atoms with Gasteiger partial charge >= 0.3 is 0 Å². The lowest BCUT2D eigenvalue weighted by Crippen LogP contribution is -2.48. The minimum Gasteiger partial charge on any atom is -0.506 e. The normalized spacial score (nSPS) is 13.7. The van der Waals surface area contributed by atoms with Gasteiger partial charge in [0.25, 0.3) is 11.8 Å². The fourth-order valence-corrected chi connectivity index (χ4v) is 4.96. The SMILES string of the molecule is O=C(N/N=C/c1ccc(C(=O)N2CCN(c3ccccc3Cl)CC2)c2ccccc12)c1ccc(O)c(Cl)c1. The summed E-state index contributed by atoms with van der Waals surface area (Å²) in [6.45, 7) is 2.58. The van der Waals surface area contributed by atoms with Crippen molar-refractivity contribution in [1.29, 1.82) is 0 Å². The third kappa shape index (κ3) is 5.30. The number of phenolic OH excluding ortho intramolecular Hbond substituents is 1. The number of hydrogen-bond donors (Lipinski definition) is 2. The number of anilines is 1. The molecule has 5 rings (SSSR count). The number of nitrogens with zero attached hydrogens (tertiary/aromatic N) is 3. The molecule has 4 aromatic carbocycles. The number of carbonyl (C=O) groups is 2. The molecule has 1 aliphatic heterocycles. The molecule has 1 fully saturated rings. The number of piperazine rings is 1. The summed E-state index contributed by atoms with van der Waals surface area (Å²) in [5.74, 6) is -0.591. The van der Waals surface area contributed by atoms with Crippen LogP contribution in [0.25, 0.3) is 10.8 Å². The molecule has 0 aromatic heterocycles. The van der Waals surface area contributed by atoms with Gasteiger partial charge in [-0.3, -0.25) is 9.59 Å². The molecule has 38 heavy (non-hydrogen) atoms. The first-order chi connectivity index (χ1) is 18.4. The van der Waals surface area contributed by atoms with Crippen LogP contribution in [0.4, 0.5) is 5.69 Å². The Kier molecular flexibility index (Phi) is 7.49. The number of para-hydroxylation sites is 1. The van der Waals surface area contributed by atoms with E-state index in [1.807, 2.05) is 59.5 Å². The quantitative estimate of drug-likeness (QED) is 0.253. The number of hydrogen-bond acceptors (Lipinski definition) is 5. The number of phenols is 1. The van der Waals surface area contributed by atoms with Crippen LogP contribution in [0.2, 0.25) is 10.0 Å². The van der Waals surface area contributed by atoms with E-state index in [-0.39, 0.29) is 22.2 Å². The molecule has 192 valence electrons. The second kappa shape index (κ2) is 11.1. The number of fused-ring (bicyclic) bond motifs is 1. The Hall–Kier alpha value is -4.07. The van der Waals surface area contributed by atoms with Gasteiger partial charge in [0, 0.05) is 42.9 Å². The van der Waals surface area contributed by atoms with Crippen molar-refractivity contribution in [1.82, 2.24) is 10.3 Å². The molecule has 0 aliphatic carbocycles. The van der Waals surface area contributed by atoms with Crippen LogP contribution in [0, 0.1) is 0 Å². The number of halogens is 2. The summed E-state index contributed by atoms with van der Waals surface area (Å²) in [5.41, 5.74) is 5.09. The van der Waals surface area contributed by atoms with Gasteiger partial charge in [-0.25, -0.2) is 5.43 Å². The van der Waals surface area contributed by atoms with Crippen LogP contribution in [0.1, 0.15) is 26.3 Å². The minimum atomic E-state index is -0.463. The number of rotatable bonds is 5. The maximum atomic E-state index is 13.5. The highest BCUT2D eigenvalue weighted by atomic mass is 35.5. The van der Waals surface area contributed by atoms with Crippen LogP contribution in [-0.2, 0) is 0 Å². The lowest BCUT2D eigenvalue weighted by molar-refractivity contribution is 0.0748. The van der Waals surface area contributed by atoms with E-state index in [9.17, 15) is 14.7 Å². The zero-order chi connectivity index (χ0) is 26.6. The number of carbonyl (C=O) groups excluding carboxylic acids is 2. The van der Waals surface area contributed by atoms with Crippen molar-refractivity contribution in [2.75, 3.05) is 31.1 Å². The molecular weight excluding hydrogens is 523 g/mol. The van der Waals surface area contributed by atoms with E-state index in [4.69, 9.17) is 23.2 Å². The summed E-state index contributed by atoms with van der Waals surface area (Å²) in [6.07, 6.45) is 1.54. The molecule has 1 heterocycles. The summed E-state index contributed by atoms with van der Waals surface area (Å²) in [4.78, 5) is 30.0. The zero-order valence-corrected chi connectivity index (χ0v) is 21.8. The minimum absolute atomic E-state index is 0.0268. The number of aromatic hydroxyl groups is 1. The lowest BCUT2D eigenvalue weighted by atomic mass is 9.99. The van der Waals surface area contributed by atoms with Gasteiger partial charge in [-0.15, -0.1) is 0 Å². The van der Waals surface area contributed by atoms with Gasteiger partial charge in [0.1, 0.15) is 5.75 Å². The second-order valence-electron chi connectivity index (χ2n) is 8.84. The van der Waals surface area contributed by atoms with Crippen LogP contribution in [0.15, 0.2) is 84.0 Å². The van der Waals surface area contributed by atoms with Gasteiger partial charge in [0.05, 0.1) is 21.9 Å². The van der Waals surface area contributed by atoms with E-state index in [1.165, 1.54) is 18.2 Å². The molecule has 0 atom stereocenters. The fraction of sp³-hybridized carbons (Fsp3) is 0.138. The monoisotopic (exact) mass is 546 g/mol. The van der Waals surface area contributed by atoms with Crippen LogP contribution >= 0.6 is 23.2 Å². The van der Waals surface area contributed by atoms with Crippen molar-refractivity contribution in [3.63, 3.8) is 0 Å². The third-order valence-corrected chi connectivity index (χ3v) is 7.15. The average Bonchev–Trinajstić information content (AvgIpc) is 2.94. The Labute approximate surface area is 229 Å². The molecular formula is C29H24Cl2N4O3. The van der Waals surface area contributed by atoms with E-state index < -0.39 is 5.91 Å². The molecule has 4 aromatic rings. The third-order valence-electron chi connectivity index (χ3n) is 6.53. The number of benzene rings is 4. The van der Waals surface area contributed by atoms with E-state index >= 15 is 0 Å². The summed E-state index contributed by atoms with van der Waals surface area (Å²) in [5, 5.41) is 16.1. The van der Waals surface area contributed by atoms with Crippen molar-refractivity contribution in [3.05, 3.63) is 106 Å². The predicted octanol–water partition coefficient (Wildman–Crippen LogP) is 5.58. The number of hydrazone groups is 1. The molecule has 0 saturated carbocycles. The molecule has 9 heteroatoms. The zero-order valence-electron chi connectivity index (χ0n) is 20.3. The Morgan fingerprint density at radius 2 is 1.55 bits per heavy atom. The molecule has 7 nitrogen and oxygen atoms in total. The molecule has 0 unspecified atom stereocenters. The molecule has 0 radical (unpaired) electrons. The van der Waals surface area contributed by atoms with Crippen LogP contribution in [0.3, 0.4) is 0 Å². The van der Waals surface area contributed by atoms with Crippen molar-refractivity contribution in [3.8, 4) is 5.75 Å². The highest BCUT2D eigenvalue weighted by molar-refractivity contribution is 6.33. The molecule has 1 aliphatic rings. The average molecular weight is 547 g/mol. The van der Waals surface area contributed by atoms with Crippen molar-refractivity contribution in [2.24, 2.45) is 5.10 Å². The van der Waals surface area contributed by atoms with E-state index in [2.05, 4.69) is 15.4 Å². The van der Waals surface area contributed by atoms with Gasteiger partial charge in [-0.1, -0.05) is 65.7 Å². The molecule has 1 saturated heterocycles. The van der Waals surface area contributed by atoms with Crippen LogP contribution < -0.4 is 10.3 Å². The van der Waals surface area contributed by atoms with Crippen molar-refractivity contribution >= 4 is 57.7 Å². The standard InChI is InChI=1S/C29H24Cl2N4O3/c30-24-7-3-4-8-26(24)34-13-15-35(16-14-34)29(38)23-11-9-20(21-5-1-2-6-22(21)23)18-32-33-28(37)19-10-12-27(36)25(31)17-19/h1-12,17-18,36H,13-16H2,(H,33,37)/b32-18+. The summed E-state index contributed by atoms with van der Waals surface area (Å²) >= 11 is 12.2. The van der Waals surface area contributed by atoms with Crippen molar-refractivity contribution < 1.29 is 14.7 Å². The summed E-state index contributed by atoms with van der Waals surface area (Å²) < 4.78 is 0. The van der Waals surface area contributed by atoms with Crippen molar-refractivity contribution in [2.45, 2.75) is 0 Å². The van der Waals surface area contributed by atoms with Crippen LogP contribution in [0.5, 0.6) is 5.75 Å². The maximum absolute atomic E-state index is 13.5. The molecule has 2 N–H and O–H groups in total. The Balaban J connectivity index is 1.31. The van der Waals surface area contributed by atoms with Gasteiger partial charge < -0.3 is 14.9 Å². The topological polar surface area (TPSA) is 85.2 Å². The van der Waals surface area contributed by atoms with Gasteiger partial charge in [0.15, 0.2) is 0 Å². The smallest absolute Gasteiger partial charge is 0.271 e. The highest BCUT2D eigenvalue weighted by Crippen LogP contribution is 2.28. The highest BCUT2D eigenvalue weighted by Gasteiger charge is 2.24. The number of nitrogens with one attached hydrogen (secondary N) is 1. The Bertz CT molecular complexity index is 1550. The number of amides is 2. The van der Waals surface area contributed by atoms with Gasteiger partial charge in [0.2, 0.25) is 0 Å². The van der Waals surface area contributed by atoms with E-state index in [0.717, 1.165) is 22.0 Å². The first-order valence-corrected chi connectivity index (χ1v) is 12.8. The van der Waals surface area contributed by atoms with E-state index in [0.29, 0.717) is 36.8 Å². The fourth-order valence-electron chi connectivity index (χ4n) is 4.52. The summed E-state index contributed by atoms with van der Waals surface area (Å²) in [6, 6.07) is 23.2. The van der Waals surface area contributed by atoms with Gasteiger partial charge in [-0.2, -0.15) is 5.10 Å². The second-order valence-corrected chi connectivity index (χ2v) is 9.66. The lowest BCUT2D eigenvalue weighted by Gasteiger charge is -2.36. The van der Waals surface area contributed by atoms with Crippen LogP contribution in [-0.4, -0.2) is 54.2 Å². The largest absolute Gasteiger partial charge is 0.506 e. The molecule has 2 amide bonds. The first-order valence-electron chi connectivity index (χ1n) is 12.0. The molecule has 0 bridgehead atoms. The van der Waals surface area contributed by atoms with Gasteiger partial charge in [-0.05, 0) is 47.2 Å². The Morgan fingerprint density at radius 3 is 2.29 bits per heavy atom. The first kappa shape index (κ1) is 25.6. The maximum Gasteiger partial charge on any atom is 0.271 e. The van der Waals surface area contributed by atoms with E-state index in [1.54, 1.807) is 12.3 Å². The predicted molar refractivity (Wildman–Crippen MR) is 152 cm³/mol. The Morgan fingerprint density at radius 1 is 0.842 bits per heavy atom. The molecule has 0 spiro atoms. The summed E-state index contributed by atoms with van der Waals surface area (Å²) in [7, 11) is 0.